The molecule has 1 aromatic heterocycles. The molecule has 6 nitrogen and oxygen atoms in total. The number of amides is 1. The van der Waals surface area contributed by atoms with Crippen LogP contribution in [0.15, 0.2) is 47.4 Å². The van der Waals surface area contributed by atoms with Gasteiger partial charge in [0.2, 0.25) is 11.5 Å². The summed E-state index contributed by atoms with van der Waals surface area (Å²) in [6, 6.07) is 11.3. The SMILES string of the molecule is COc1ccccc1CNC(=O)CN1CCC(c2cc[nH]c(=O)c2)CC1. The van der Waals surface area contributed by atoms with E-state index in [-0.39, 0.29) is 11.5 Å². The molecule has 2 aromatic rings. The standard InChI is InChI=1S/C20H25N3O3/c1-26-18-5-3-2-4-17(18)13-22-20(25)14-23-10-7-15(8-11-23)16-6-9-21-19(24)12-16/h2-6,9,12,15H,7-8,10-11,13-14H2,1H3,(H,21,24)(H,22,25). The number of aromatic amines is 1. The minimum absolute atomic E-state index is 0.0190. The summed E-state index contributed by atoms with van der Waals surface area (Å²) >= 11 is 0. The number of H-pyrrole nitrogens is 1. The number of likely N-dealkylation sites (tertiary alicyclic amines) is 1. The third-order valence-electron chi connectivity index (χ3n) is 4.89. The van der Waals surface area contributed by atoms with Crippen molar-refractivity contribution in [1.29, 1.82) is 0 Å². The largest absolute Gasteiger partial charge is 0.496 e. The summed E-state index contributed by atoms with van der Waals surface area (Å²) in [5.41, 5.74) is 2.01. The van der Waals surface area contributed by atoms with Gasteiger partial charge in [-0.3, -0.25) is 14.5 Å². The van der Waals surface area contributed by atoms with Crippen molar-refractivity contribution in [3.8, 4) is 5.75 Å². The van der Waals surface area contributed by atoms with Crippen LogP contribution in [-0.4, -0.2) is 42.5 Å². The summed E-state index contributed by atoms with van der Waals surface area (Å²) in [5, 5.41) is 2.97. The average Bonchev–Trinajstić information content (AvgIpc) is 2.67. The number of para-hydroxylation sites is 1. The molecule has 2 N–H and O–H groups in total. The zero-order valence-electron chi connectivity index (χ0n) is 15.0. The molecule has 0 atom stereocenters. The van der Waals surface area contributed by atoms with Gasteiger partial charge in [0.1, 0.15) is 5.75 Å². The third-order valence-corrected chi connectivity index (χ3v) is 4.89. The minimum Gasteiger partial charge on any atom is -0.496 e. The van der Waals surface area contributed by atoms with Crippen LogP contribution in [0.5, 0.6) is 5.75 Å². The number of piperidine rings is 1. The smallest absolute Gasteiger partial charge is 0.248 e. The van der Waals surface area contributed by atoms with E-state index in [1.807, 2.05) is 30.3 Å². The van der Waals surface area contributed by atoms with Gasteiger partial charge >= 0.3 is 0 Å². The van der Waals surface area contributed by atoms with E-state index in [9.17, 15) is 9.59 Å². The van der Waals surface area contributed by atoms with Crippen LogP contribution in [0.3, 0.4) is 0 Å². The lowest BCUT2D eigenvalue weighted by atomic mass is 9.90. The predicted molar refractivity (Wildman–Crippen MR) is 100 cm³/mol. The van der Waals surface area contributed by atoms with Crippen LogP contribution in [0.1, 0.15) is 29.9 Å². The van der Waals surface area contributed by atoms with E-state index in [1.54, 1.807) is 19.4 Å². The monoisotopic (exact) mass is 355 g/mol. The number of carbonyl (C=O) groups excluding carboxylic acids is 1. The molecule has 6 heteroatoms. The molecular formula is C20H25N3O3. The van der Waals surface area contributed by atoms with Crippen molar-refractivity contribution in [3.63, 3.8) is 0 Å². The number of hydrogen-bond donors (Lipinski definition) is 2. The summed E-state index contributed by atoms with van der Waals surface area (Å²) < 4.78 is 5.30. The fourth-order valence-electron chi connectivity index (χ4n) is 3.44. The number of hydrogen-bond acceptors (Lipinski definition) is 4. The molecular weight excluding hydrogens is 330 g/mol. The van der Waals surface area contributed by atoms with Crippen LogP contribution in [0.4, 0.5) is 0 Å². The summed E-state index contributed by atoms with van der Waals surface area (Å²) in [6.45, 7) is 2.59. The van der Waals surface area contributed by atoms with E-state index in [0.717, 1.165) is 42.8 Å². The number of rotatable bonds is 6. The molecule has 0 bridgehead atoms. The summed E-state index contributed by atoms with van der Waals surface area (Å²) in [6.07, 6.45) is 3.63. The van der Waals surface area contributed by atoms with Crippen molar-refractivity contribution in [2.24, 2.45) is 0 Å². The molecule has 0 spiro atoms. The van der Waals surface area contributed by atoms with Gasteiger partial charge in [-0.25, -0.2) is 0 Å². The number of benzene rings is 1. The first-order valence-electron chi connectivity index (χ1n) is 8.95. The van der Waals surface area contributed by atoms with Gasteiger partial charge in [-0.1, -0.05) is 18.2 Å². The van der Waals surface area contributed by atoms with E-state index >= 15 is 0 Å². The lowest BCUT2D eigenvalue weighted by Crippen LogP contribution is -2.41. The molecule has 0 unspecified atom stereocenters. The van der Waals surface area contributed by atoms with Crippen molar-refractivity contribution < 1.29 is 9.53 Å². The molecule has 138 valence electrons. The van der Waals surface area contributed by atoms with Gasteiger partial charge < -0.3 is 15.0 Å². The minimum atomic E-state index is -0.0550. The maximum absolute atomic E-state index is 12.2. The molecule has 1 aliphatic heterocycles. The van der Waals surface area contributed by atoms with Gasteiger partial charge in [0.25, 0.3) is 0 Å². The lowest BCUT2D eigenvalue weighted by molar-refractivity contribution is -0.122. The number of nitrogens with zero attached hydrogens (tertiary/aromatic N) is 1. The predicted octanol–water partition coefficient (Wildman–Crippen LogP) is 1.88. The van der Waals surface area contributed by atoms with Gasteiger partial charge in [-0.15, -0.1) is 0 Å². The number of carbonyl (C=O) groups is 1. The van der Waals surface area contributed by atoms with Gasteiger partial charge in [0.15, 0.2) is 0 Å². The Morgan fingerprint density at radius 1 is 1.27 bits per heavy atom. The zero-order valence-corrected chi connectivity index (χ0v) is 15.0. The average molecular weight is 355 g/mol. The molecule has 1 saturated heterocycles. The van der Waals surface area contributed by atoms with E-state index in [0.29, 0.717) is 19.0 Å². The van der Waals surface area contributed by atoms with Crippen LogP contribution < -0.4 is 15.6 Å². The molecule has 0 aliphatic carbocycles. The zero-order chi connectivity index (χ0) is 18.4. The number of pyridine rings is 1. The Hall–Kier alpha value is -2.60. The Balaban J connectivity index is 1.45. The maximum Gasteiger partial charge on any atom is 0.248 e. The van der Waals surface area contributed by atoms with Gasteiger partial charge in [0, 0.05) is 24.4 Å². The molecule has 0 saturated carbocycles. The highest BCUT2D eigenvalue weighted by Crippen LogP contribution is 2.26. The molecule has 2 heterocycles. The second-order valence-corrected chi connectivity index (χ2v) is 6.63. The first-order valence-corrected chi connectivity index (χ1v) is 8.95. The second kappa shape index (κ2) is 8.67. The Kier molecular flexibility index (Phi) is 6.07. The van der Waals surface area contributed by atoms with E-state index < -0.39 is 0 Å². The maximum atomic E-state index is 12.2. The van der Waals surface area contributed by atoms with Crippen LogP contribution in [0.2, 0.25) is 0 Å². The van der Waals surface area contributed by atoms with Crippen molar-refractivity contribution in [2.45, 2.75) is 25.3 Å². The molecule has 26 heavy (non-hydrogen) atoms. The van der Waals surface area contributed by atoms with Crippen LogP contribution in [0, 0.1) is 0 Å². The Bertz CT molecular complexity index is 795. The first kappa shape index (κ1) is 18.2. The van der Waals surface area contributed by atoms with Crippen molar-refractivity contribution in [1.82, 2.24) is 15.2 Å². The van der Waals surface area contributed by atoms with Gasteiger partial charge in [-0.05, 0) is 49.5 Å². The Morgan fingerprint density at radius 2 is 2.04 bits per heavy atom. The van der Waals surface area contributed by atoms with Crippen LogP contribution in [0.25, 0.3) is 0 Å². The summed E-state index contributed by atoms with van der Waals surface area (Å²) in [5.74, 6) is 1.20. The first-order chi connectivity index (χ1) is 12.7. The Morgan fingerprint density at radius 3 is 2.77 bits per heavy atom. The normalized spacial score (nSPS) is 15.6. The van der Waals surface area contributed by atoms with Gasteiger partial charge in [-0.2, -0.15) is 0 Å². The molecule has 1 aromatic carbocycles. The second-order valence-electron chi connectivity index (χ2n) is 6.63. The fourth-order valence-corrected chi connectivity index (χ4v) is 3.44. The molecule has 3 rings (SSSR count). The molecule has 0 radical (unpaired) electrons. The Labute approximate surface area is 153 Å². The van der Waals surface area contributed by atoms with Crippen LogP contribution in [-0.2, 0) is 11.3 Å². The highest BCUT2D eigenvalue weighted by molar-refractivity contribution is 5.78. The number of ether oxygens (including phenoxy) is 1. The van der Waals surface area contributed by atoms with E-state index in [4.69, 9.17) is 4.74 Å². The van der Waals surface area contributed by atoms with Crippen molar-refractivity contribution >= 4 is 5.91 Å². The molecule has 1 fully saturated rings. The summed E-state index contributed by atoms with van der Waals surface area (Å²) in [4.78, 5) is 28.5. The molecule has 1 aliphatic rings. The number of aromatic nitrogens is 1. The van der Waals surface area contributed by atoms with Crippen LogP contribution >= 0.6 is 0 Å². The number of nitrogens with one attached hydrogen (secondary N) is 2. The van der Waals surface area contributed by atoms with Gasteiger partial charge in [0.05, 0.1) is 13.7 Å². The van der Waals surface area contributed by atoms with Crippen molar-refractivity contribution in [3.05, 3.63) is 64.1 Å². The number of methoxy groups -OCH3 is 1. The topological polar surface area (TPSA) is 74.4 Å². The van der Waals surface area contributed by atoms with Crippen molar-refractivity contribution in [2.75, 3.05) is 26.7 Å². The highest BCUT2D eigenvalue weighted by Gasteiger charge is 2.22. The fraction of sp³-hybridized carbons (Fsp3) is 0.400. The van der Waals surface area contributed by atoms with E-state index in [2.05, 4.69) is 15.2 Å². The third kappa shape index (κ3) is 4.73. The van der Waals surface area contributed by atoms with E-state index in [1.165, 1.54) is 0 Å². The lowest BCUT2D eigenvalue weighted by Gasteiger charge is -2.31. The highest BCUT2D eigenvalue weighted by atomic mass is 16.5. The summed E-state index contributed by atoms with van der Waals surface area (Å²) in [7, 11) is 1.63. The quantitative estimate of drug-likeness (QED) is 0.830. The molecule has 1 amide bonds.